The SMILES string of the molecule is C=CCN(CC)c1ccc(C(N)CC)cc1. The van der Waals surface area contributed by atoms with Crippen LogP contribution in [0.1, 0.15) is 31.9 Å². The lowest BCUT2D eigenvalue weighted by Crippen LogP contribution is -2.22. The van der Waals surface area contributed by atoms with E-state index in [2.05, 4.69) is 49.6 Å². The van der Waals surface area contributed by atoms with E-state index in [1.165, 1.54) is 11.3 Å². The van der Waals surface area contributed by atoms with Gasteiger partial charge in [0.2, 0.25) is 0 Å². The lowest BCUT2D eigenvalue weighted by molar-refractivity contribution is 0.698. The van der Waals surface area contributed by atoms with E-state index in [4.69, 9.17) is 5.73 Å². The maximum Gasteiger partial charge on any atom is 0.0369 e. The van der Waals surface area contributed by atoms with Gasteiger partial charge in [-0.2, -0.15) is 0 Å². The predicted octanol–water partition coefficient (Wildman–Crippen LogP) is 3.11. The molecule has 1 rings (SSSR count). The van der Waals surface area contributed by atoms with Gasteiger partial charge in [0.1, 0.15) is 0 Å². The van der Waals surface area contributed by atoms with E-state index in [1.54, 1.807) is 0 Å². The minimum atomic E-state index is 0.156. The van der Waals surface area contributed by atoms with Crippen LogP contribution in [-0.4, -0.2) is 13.1 Å². The lowest BCUT2D eigenvalue weighted by Gasteiger charge is -2.22. The van der Waals surface area contributed by atoms with Crippen molar-refractivity contribution in [2.45, 2.75) is 26.3 Å². The average Bonchev–Trinajstić information content (AvgIpc) is 2.35. The van der Waals surface area contributed by atoms with Crippen LogP contribution in [-0.2, 0) is 0 Å². The number of likely N-dealkylation sites (N-methyl/N-ethyl adjacent to an activating group) is 1. The molecule has 0 aliphatic rings. The molecule has 2 N–H and O–H groups in total. The van der Waals surface area contributed by atoms with Crippen molar-refractivity contribution in [3.8, 4) is 0 Å². The second-order valence-electron chi connectivity index (χ2n) is 3.93. The summed E-state index contributed by atoms with van der Waals surface area (Å²) in [7, 11) is 0. The van der Waals surface area contributed by atoms with Crippen molar-refractivity contribution in [3.63, 3.8) is 0 Å². The normalized spacial score (nSPS) is 12.2. The minimum Gasteiger partial charge on any atom is -0.368 e. The van der Waals surface area contributed by atoms with Gasteiger partial charge < -0.3 is 10.6 Å². The van der Waals surface area contributed by atoms with E-state index in [9.17, 15) is 0 Å². The summed E-state index contributed by atoms with van der Waals surface area (Å²) in [5, 5.41) is 0. The van der Waals surface area contributed by atoms with Crippen LogP contribution in [0.4, 0.5) is 5.69 Å². The van der Waals surface area contributed by atoms with Gasteiger partial charge in [0.15, 0.2) is 0 Å². The largest absolute Gasteiger partial charge is 0.368 e. The molecular formula is C14H22N2. The summed E-state index contributed by atoms with van der Waals surface area (Å²) in [6.07, 6.45) is 2.90. The highest BCUT2D eigenvalue weighted by atomic mass is 15.1. The number of hydrogen-bond acceptors (Lipinski definition) is 2. The van der Waals surface area contributed by atoms with Crippen LogP contribution in [0.15, 0.2) is 36.9 Å². The second-order valence-corrected chi connectivity index (χ2v) is 3.93. The molecule has 0 bridgehead atoms. The number of nitrogens with two attached hydrogens (primary N) is 1. The fraction of sp³-hybridized carbons (Fsp3) is 0.429. The highest BCUT2D eigenvalue weighted by Gasteiger charge is 2.05. The average molecular weight is 218 g/mol. The Morgan fingerprint density at radius 3 is 2.38 bits per heavy atom. The Hall–Kier alpha value is -1.28. The van der Waals surface area contributed by atoms with Gasteiger partial charge in [0.05, 0.1) is 0 Å². The molecule has 0 fully saturated rings. The second kappa shape index (κ2) is 6.33. The third kappa shape index (κ3) is 3.11. The van der Waals surface area contributed by atoms with E-state index in [1.807, 2.05) is 6.08 Å². The number of rotatable bonds is 6. The van der Waals surface area contributed by atoms with Gasteiger partial charge in [-0.25, -0.2) is 0 Å². The van der Waals surface area contributed by atoms with Crippen LogP contribution in [0.25, 0.3) is 0 Å². The van der Waals surface area contributed by atoms with Crippen molar-refractivity contribution in [2.75, 3.05) is 18.0 Å². The Morgan fingerprint density at radius 2 is 1.94 bits per heavy atom. The van der Waals surface area contributed by atoms with Crippen LogP contribution in [0.3, 0.4) is 0 Å². The lowest BCUT2D eigenvalue weighted by atomic mass is 10.1. The van der Waals surface area contributed by atoms with E-state index in [0.717, 1.165) is 19.5 Å². The third-order valence-electron chi connectivity index (χ3n) is 2.86. The molecule has 0 saturated carbocycles. The van der Waals surface area contributed by atoms with E-state index in [-0.39, 0.29) is 6.04 Å². The number of anilines is 1. The topological polar surface area (TPSA) is 29.3 Å². The summed E-state index contributed by atoms with van der Waals surface area (Å²) in [6.45, 7) is 9.90. The molecule has 1 unspecified atom stereocenters. The van der Waals surface area contributed by atoms with Crippen molar-refractivity contribution >= 4 is 5.69 Å². The fourth-order valence-electron chi connectivity index (χ4n) is 1.74. The van der Waals surface area contributed by atoms with Gasteiger partial charge in [-0.3, -0.25) is 0 Å². The molecule has 0 heterocycles. The first-order valence-electron chi connectivity index (χ1n) is 5.94. The summed E-state index contributed by atoms with van der Waals surface area (Å²) in [5.74, 6) is 0. The molecule has 1 atom stereocenters. The molecule has 0 aliphatic heterocycles. The van der Waals surface area contributed by atoms with Crippen LogP contribution in [0, 0.1) is 0 Å². The first-order valence-corrected chi connectivity index (χ1v) is 5.94. The van der Waals surface area contributed by atoms with E-state index >= 15 is 0 Å². The predicted molar refractivity (Wildman–Crippen MR) is 71.7 cm³/mol. The zero-order valence-electron chi connectivity index (χ0n) is 10.3. The number of hydrogen-bond donors (Lipinski definition) is 1. The Kier molecular flexibility index (Phi) is 5.06. The molecule has 16 heavy (non-hydrogen) atoms. The highest BCUT2D eigenvalue weighted by molar-refractivity contribution is 5.48. The molecule has 2 nitrogen and oxygen atoms in total. The van der Waals surface area contributed by atoms with Gasteiger partial charge >= 0.3 is 0 Å². The summed E-state index contributed by atoms with van der Waals surface area (Å²) in [4.78, 5) is 2.27. The van der Waals surface area contributed by atoms with Crippen LogP contribution < -0.4 is 10.6 Å². The first-order chi connectivity index (χ1) is 7.72. The van der Waals surface area contributed by atoms with Crippen molar-refractivity contribution in [3.05, 3.63) is 42.5 Å². The number of benzene rings is 1. The molecule has 0 aliphatic carbocycles. The van der Waals surface area contributed by atoms with Crippen molar-refractivity contribution in [1.82, 2.24) is 0 Å². The molecule has 88 valence electrons. The minimum absolute atomic E-state index is 0.156. The molecule has 0 radical (unpaired) electrons. The standard InChI is InChI=1S/C14H22N2/c1-4-11-16(6-3)13-9-7-12(8-10-13)14(15)5-2/h4,7-10,14H,1,5-6,11,15H2,2-3H3. The van der Waals surface area contributed by atoms with E-state index in [0.29, 0.717) is 0 Å². The summed E-state index contributed by atoms with van der Waals surface area (Å²) in [6, 6.07) is 8.67. The Balaban J connectivity index is 2.80. The molecule has 1 aromatic rings. The van der Waals surface area contributed by atoms with Gasteiger partial charge in [-0.15, -0.1) is 6.58 Å². The van der Waals surface area contributed by atoms with Crippen molar-refractivity contribution < 1.29 is 0 Å². The quantitative estimate of drug-likeness (QED) is 0.743. The summed E-state index contributed by atoms with van der Waals surface area (Å²) < 4.78 is 0. The maximum atomic E-state index is 5.98. The van der Waals surface area contributed by atoms with Crippen molar-refractivity contribution in [1.29, 1.82) is 0 Å². The molecule has 2 heteroatoms. The van der Waals surface area contributed by atoms with Crippen LogP contribution in [0.2, 0.25) is 0 Å². The summed E-state index contributed by atoms with van der Waals surface area (Å²) >= 11 is 0. The van der Waals surface area contributed by atoms with Gasteiger partial charge in [-0.1, -0.05) is 25.1 Å². The monoisotopic (exact) mass is 218 g/mol. The Bertz CT molecular complexity index is 316. The highest BCUT2D eigenvalue weighted by Crippen LogP contribution is 2.19. The smallest absolute Gasteiger partial charge is 0.0369 e. The molecule has 1 aromatic carbocycles. The van der Waals surface area contributed by atoms with E-state index < -0.39 is 0 Å². The zero-order chi connectivity index (χ0) is 12.0. The molecule has 0 amide bonds. The van der Waals surface area contributed by atoms with Crippen LogP contribution >= 0.6 is 0 Å². The van der Waals surface area contributed by atoms with Crippen molar-refractivity contribution in [2.24, 2.45) is 5.73 Å². The van der Waals surface area contributed by atoms with Gasteiger partial charge in [-0.05, 0) is 31.0 Å². The molecule has 0 saturated heterocycles. The number of nitrogens with zero attached hydrogens (tertiary/aromatic N) is 1. The zero-order valence-corrected chi connectivity index (χ0v) is 10.3. The fourth-order valence-corrected chi connectivity index (χ4v) is 1.74. The summed E-state index contributed by atoms with van der Waals surface area (Å²) in [5.41, 5.74) is 8.42. The first kappa shape index (κ1) is 12.8. The molecule has 0 aromatic heterocycles. The van der Waals surface area contributed by atoms with Gasteiger partial charge in [0, 0.05) is 24.8 Å². The Labute approximate surface area is 98.8 Å². The van der Waals surface area contributed by atoms with Crippen LogP contribution in [0.5, 0.6) is 0 Å². The Morgan fingerprint density at radius 1 is 1.31 bits per heavy atom. The molecular weight excluding hydrogens is 196 g/mol. The van der Waals surface area contributed by atoms with Gasteiger partial charge in [0.25, 0.3) is 0 Å². The third-order valence-corrected chi connectivity index (χ3v) is 2.86. The maximum absolute atomic E-state index is 5.98. The molecule has 0 spiro atoms.